The Hall–Kier alpha value is -2.46. The third-order valence-corrected chi connectivity index (χ3v) is 3.18. The number of benzene rings is 2. The SMILES string of the molecule is C[C@H](O)c1nc2ccccc2n1C(=O)c1ccccc1. The maximum Gasteiger partial charge on any atom is 0.263 e. The second-order valence-electron chi connectivity index (χ2n) is 4.64. The van der Waals surface area contributed by atoms with Gasteiger partial charge in [0, 0.05) is 5.56 Å². The van der Waals surface area contributed by atoms with E-state index in [0.29, 0.717) is 22.4 Å². The molecule has 1 N–H and O–H groups in total. The fraction of sp³-hybridized carbons (Fsp3) is 0.125. The molecule has 0 bridgehead atoms. The average molecular weight is 266 g/mol. The molecular weight excluding hydrogens is 252 g/mol. The number of hydrogen-bond donors (Lipinski definition) is 1. The lowest BCUT2D eigenvalue weighted by Gasteiger charge is -2.09. The number of hydrogen-bond acceptors (Lipinski definition) is 3. The van der Waals surface area contributed by atoms with Gasteiger partial charge in [-0.2, -0.15) is 0 Å². The minimum absolute atomic E-state index is 0.185. The molecule has 3 rings (SSSR count). The average Bonchev–Trinajstić information content (AvgIpc) is 2.87. The molecule has 3 aromatic rings. The summed E-state index contributed by atoms with van der Waals surface area (Å²) in [5.74, 6) is 0.176. The molecule has 0 amide bonds. The normalized spacial score (nSPS) is 12.5. The zero-order valence-electron chi connectivity index (χ0n) is 11.0. The maximum absolute atomic E-state index is 12.7. The Bertz CT molecular complexity index is 761. The first-order valence-electron chi connectivity index (χ1n) is 6.43. The van der Waals surface area contributed by atoms with Crippen molar-refractivity contribution < 1.29 is 9.90 Å². The van der Waals surface area contributed by atoms with Crippen LogP contribution in [0.15, 0.2) is 54.6 Å². The van der Waals surface area contributed by atoms with Crippen molar-refractivity contribution >= 4 is 16.9 Å². The predicted molar refractivity (Wildman–Crippen MR) is 76.5 cm³/mol. The van der Waals surface area contributed by atoms with Crippen LogP contribution < -0.4 is 0 Å². The Balaban J connectivity index is 2.24. The van der Waals surface area contributed by atoms with Crippen molar-refractivity contribution in [3.8, 4) is 0 Å². The van der Waals surface area contributed by atoms with Gasteiger partial charge in [-0.1, -0.05) is 30.3 Å². The van der Waals surface area contributed by atoms with Crippen LogP contribution in [0.4, 0.5) is 0 Å². The van der Waals surface area contributed by atoms with Gasteiger partial charge in [0.25, 0.3) is 5.91 Å². The highest BCUT2D eigenvalue weighted by molar-refractivity contribution is 6.01. The highest BCUT2D eigenvalue weighted by atomic mass is 16.3. The van der Waals surface area contributed by atoms with Gasteiger partial charge in [-0.05, 0) is 31.2 Å². The number of rotatable bonds is 2. The third kappa shape index (κ3) is 2.00. The monoisotopic (exact) mass is 266 g/mol. The van der Waals surface area contributed by atoms with Crippen LogP contribution in [-0.4, -0.2) is 20.6 Å². The van der Waals surface area contributed by atoms with Crippen LogP contribution in [0.25, 0.3) is 11.0 Å². The van der Waals surface area contributed by atoms with Gasteiger partial charge in [0.15, 0.2) is 0 Å². The van der Waals surface area contributed by atoms with Gasteiger partial charge in [-0.3, -0.25) is 9.36 Å². The van der Waals surface area contributed by atoms with Gasteiger partial charge in [-0.25, -0.2) is 4.98 Å². The van der Waals surface area contributed by atoms with Gasteiger partial charge in [0.2, 0.25) is 0 Å². The molecule has 0 aliphatic carbocycles. The van der Waals surface area contributed by atoms with E-state index in [1.165, 1.54) is 4.57 Å². The topological polar surface area (TPSA) is 55.1 Å². The van der Waals surface area contributed by atoms with Gasteiger partial charge in [0.05, 0.1) is 11.0 Å². The zero-order chi connectivity index (χ0) is 14.1. The van der Waals surface area contributed by atoms with Crippen LogP contribution in [0.5, 0.6) is 0 Å². The van der Waals surface area contributed by atoms with Crippen LogP contribution in [0.2, 0.25) is 0 Å². The Morgan fingerprint density at radius 2 is 1.75 bits per heavy atom. The Kier molecular flexibility index (Phi) is 3.08. The summed E-state index contributed by atoms with van der Waals surface area (Å²) >= 11 is 0. The molecule has 0 radical (unpaired) electrons. The van der Waals surface area contributed by atoms with Gasteiger partial charge < -0.3 is 5.11 Å². The first-order chi connectivity index (χ1) is 9.68. The lowest BCUT2D eigenvalue weighted by molar-refractivity contribution is 0.0944. The number of aliphatic hydroxyl groups is 1. The second kappa shape index (κ2) is 4.90. The lowest BCUT2D eigenvalue weighted by Crippen LogP contribution is -2.16. The molecule has 20 heavy (non-hydrogen) atoms. The van der Waals surface area contributed by atoms with E-state index in [-0.39, 0.29) is 5.91 Å². The lowest BCUT2D eigenvalue weighted by atomic mass is 10.2. The highest BCUT2D eigenvalue weighted by Crippen LogP contribution is 2.22. The second-order valence-corrected chi connectivity index (χ2v) is 4.64. The number of para-hydroxylation sites is 2. The molecule has 0 saturated carbocycles. The van der Waals surface area contributed by atoms with E-state index in [4.69, 9.17) is 0 Å². The van der Waals surface area contributed by atoms with Crippen molar-refractivity contribution in [2.24, 2.45) is 0 Å². The largest absolute Gasteiger partial charge is 0.385 e. The van der Waals surface area contributed by atoms with Crippen LogP contribution in [0.3, 0.4) is 0 Å². The van der Waals surface area contributed by atoms with Crippen LogP contribution >= 0.6 is 0 Å². The summed E-state index contributed by atoms with van der Waals surface area (Å²) in [5.41, 5.74) is 1.97. The molecule has 0 aliphatic rings. The van der Waals surface area contributed by atoms with Crippen molar-refractivity contribution in [3.05, 3.63) is 66.0 Å². The van der Waals surface area contributed by atoms with Gasteiger partial charge in [-0.15, -0.1) is 0 Å². The van der Waals surface area contributed by atoms with E-state index < -0.39 is 6.10 Å². The molecule has 100 valence electrons. The molecule has 1 heterocycles. The molecule has 4 nitrogen and oxygen atoms in total. The van der Waals surface area contributed by atoms with Gasteiger partial charge in [0.1, 0.15) is 11.9 Å². The molecule has 0 aliphatic heterocycles. The first kappa shape index (κ1) is 12.6. The summed E-state index contributed by atoms with van der Waals surface area (Å²) < 4.78 is 1.48. The molecule has 1 atom stereocenters. The van der Waals surface area contributed by atoms with Crippen LogP contribution in [-0.2, 0) is 0 Å². The van der Waals surface area contributed by atoms with Crippen molar-refractivity contribution in [1.82, 2.24) is 9.55 Å². The highest BCUT2D eigenvalue weighted by Gasteiger charge is 2.20. The fourth-order valence-electron chi connectivity index (χ4n) is 2.25. The Morgan fingerprint density at radius 1 is 1.10 bits per heavy atom. The number of carbonyl (C=O) groups is 1. The summed E-state index contributed by atoms with van der Waals surface area (Å²) in [4.78, 5) is 17.0. The third-order valence-electron chi connectivity index (χ3n) is 3.18. The summed E-state index contributed by atoms with van der Waals surface area (Å²) in [5, 5.41) is 9.87. The van der Waals surface area contributed by atoms with Crippen molar-refractivity contribution in [2.45, 2.75) is 13.0 Å². The number of fused-ring (bicyclic) bond motifs is 1. The van der Waals surface area contributed by atoms with E-state index in [2.05, 4.69) is 4.98 Å². The molecule has 0 spiro atoms. The maximum atomic E-state index is 12.7. The Morgan fingerprint density at radius 3 is 2.45 bits per heavy atom. The smallest absolute Gasteiger partial charge is 0.263 e. The minimum atomic E-state index is -0.810. The first-order valence-corrected chi connectivity index (χ1v) is 6.43. The number of imidazole rings is 1. The number of carbonyl (C=O) groups excluding carboxylic acids is 1. The molecule has 0 unspecified atom stereocenters. The zero-order valence-corrected chi connectivity index (χ0v) is 11.0. The number of aliphatic hydroxyl groups excluding tert-OH is 1. The summed E-state index contributed by atoms with van der Waals surface area (Å²) in [6.45, 7) is 1.61. The van der Waals surface area contributed by atoms with Crippen molar-refractivity contribution in [1.29, 1.82) is 0 Å². The minimum Gasteiger partial charge on any atom is -0.385 e. The quantitative estimate of drug-likeness (QED) is 0.776. The molecule has 0 fully saturated rings. The summed E-state index contributed by atoms with van der Waals surface area (Å²) in [7, 11) is 0. The molecule has 2 aromatic carbocycles. The number of aromatic nitrogens is 2. The van der Waals surface area contributed by atoms with Crippen molar-refractivity contribution in [3.63, 3.8) is 0 Å². The van der Waals surface area contributed by atoms with E-state index in [0.717, 1.165) is 0 Å². The summed E-state index contributed by atoms with van der Waals surface area (Å²) in [6, 6.07) is 16.4. The fourth-order valence-corrected chi connectivity index (χ4v) is 2.25. The van der Waals surface area contributed by atoms with E-state index in [1.54, 1.807) is 19.1 Å². The van der Waals surface area contributed by atoms with Crippen LogP contribution in [0, 0.1) is 0 Å². The van der Waals surface area contributed by atoms with E-state index in [1.807, 2.05) is 42.5 Å². The van der Waals surface area contributed by atoms with E-state index >= 15 is 0 Å². The molecule has 4 heteroatoms. The summed E-state index contributed by atoms with van der Waals surface area (Å²) in [6.07, 6.45) is -0.810. The van der Waals surface area contributed by atoms with Crippen molar-refractivity contribution in [2.75, 3.05) is 0 Å². The molecular formula is C16H14N2O2. The molecule has 1 aromatic heterocycles. The van der Waals surface area contributed by atoms with Crippen LogP contribution in [0.1, 0.15) is 29.2 Å². The number of nitrogens with zero attached hydrogens (tertiary/aromatic N) is 2. The van der Waals surface area contributed by atoms with E-state index in [9.17, 15) is 9.90 Å². The predicted octanol–water partition coefficient (Wildman–Crippen LogP) is 2.78. The van der Waals surface area contributed by atoms with Gasteiger partial charge >= 0.3 is 0 Å². The Labute approximate surface area is 116 Å². The molecule has 0 saturated heterocycles. The standard InChI is InChI=1S/C16H14N2O2/c1-11(19)15-17-13-9-5-6-10-14(13)18(15)16(20)12-7-3-2-4-8-12/h2-11,19H,1H3/t11-/m0/s1.